The van der Waals surface area contributed by atoms with Gasteiger partial charge < -0.3 is 10.1 Å². The second kappa shape index (κ2) is 12.1. The van der Waals surface area contributed by atoms with Gasteiger partial charge >= 0.3 is 5.97 Å². The van der Waals surface area contributed by atoms with Crippen LogP contribution in [0.15, 0.2) is 71.6 Å². The highest BCUT2D eigenvalue weighted by Crippen LogP contribution is 2.36. The lowest BCUT2D eigenvalue weighted by Crippen LogP contribution is -2.45. The fourth-order valence-electron chi connectivity index (χ4n) is 4.84. The first kappa shape index (κ1) is 29.2. The minimum atomic E-state index is -3.76. The smallest absolute Gasteiger partial charge is 0.329 e. The number of Topliss-reactive ketones (excluding diaryl/α,β-unsaturated/α-hetero) is 1. The van der Waals surface area contributed by atoms with Crippen LogP contribution in [0.2, 0.25) is 0 Å². The molecule has 0 radical (unpaired) electrons. The molecule has 0 spiro atoms. The summed E-state index contributed by atoms with van der Waals surface area (Å²) in [4.78, 5) is 38.9. The molecule has 8 nitrogen and oxygen atoms in total. The van der Waals surface area contributed by atoms with Crippen molar-refractivity contribution in [2.24, 2.45) is 5.92 Å². The summed E-state index contributed by atoms with van der Waals surface area (Å²) in [6, 6.07) is 18.2. The van der Waals surface area contributed by atoms with Crippen LogP contribution in [0.5, 0.6) is 0 Å². The number of carbonyl (C=O) groups is 3. The number of hydrogen-bond donors (Lipinski definition) is 1. The summed E-state index contributed by atoms with van der Waals surface area (Å²) in [5, 5.41) is 2.64. The van der Waals surface area contributed by atoms with Gasteiger partial charge in [0.05, 0.1) is 4.90 Å². The number of carbonyl (C=O) groups excluding carboxylic acids is 3. The number of nitrogens with zero attached hydrogens (tertiary/aromatic N) is 1. The van der Waals surface area contributed by atoms with E-state index in [1.165, 1.54) is 34.1 Å². The molecular formula is C31H34N2O6S. The van der Waals surface area contributed by atoms with Gasteiger partial charge in [0.15, 0.2) is 12.4 Å². The maximum absolute atomic E-state index is 13.0. The van der Waals surface area contributed by atoms with Crippen LogP contribution < -0.4 is 5.32 Å². The Labute approximate surface area is 235 Å². The summed E-state index contributed by atoms with van der Waals surface area (Å²) < 4.78 is 32.4. The average Bonchev–Trinajstić information content (AvgIpc) is 3.32. The van der Waals surface area contributed by atoms with Crippen molar-refractivity contribution in [1.82, 2.24) is 9.62 Å². The van der Waals surface area contributed by atoms with Crippen molar-refractivity contribution >= 4 is 27.7 Å². The Morgan fingerprint density at radius 1 is 0.875 bits per heavy atom. The highest BCUT2D eigenvalue weighted by Gasteiger charge is 2.28. The van der Waals surface area contributed by atoms with Gasteiger partial charge in [0, 0.05) is 24.2 Å². The summed E-state index contributed by atoms with van der Waals surface area (Å²) in [6.45, 7) is 7.10. The third-order valence-corrected chi connectivity index (χ3v) is 9.16. The van der Waals surface area contributed by atoms with Gasteiger partial charge in [0.1, 0.15) is 6.04 Å². The second-order valence-corrected chi connectivity index (χ2v) is 12.0. The molecule has 0 saturated heterocycles. The Kier molecular flexibility index (Phi) is 8.85. The second-order valence-electron chi connectivity index (χ2n) is 10.0. The number of amides is 1. The molecule has 0 saturated carbocycles. The number of sulfonamides is 1. The summed E-state index contributed by atoms with van der Waals surface area (Å²) in [5.74, 6) is -2.04. The zero-order valence-corrected chi connectivity index (χ0v) is 24.0. The zero-order chi connectivity index (χ0) is 29.0. The Morgan fingerprint density at radius 3 is 2.27 bits per heavy atom. The third-order valence-electron chi connectivity index (χ3n) is 7.11. The number of fused-ring (bicyclic) bond motifs is 3. The van der Waals surface area contributed by atoms with Crippen LogP contribution in [0.1, 0.15) is 59.5 Å². The van der Waals surface area contributed by atoms with Crippen molar-refractivity contribution in [2.75, 3.05) is 19.7 Å². The van der Waals surface area contributed by atoms with Gasteiger partial charge in [-0.3, -0.25) is 9.59 Å². The van der Waals surface area contributed by atoms with Crippen molar-refractivity contribution in [2.45, 2.75) is 45.1 Å². The molecule has 3 aromatic rings. The van der Waals surface area contributed by atoms with E-state index in [9.17, 15) is 22.8 Å². The number of hydrogen-bond acceptors (Lipinski definition) is 6. The van der Waals surface area contributed by atoms with Crippen LogP contribution in [-0.4, -0.2) is 56.1 Å². The summed E-state index contributed by atoms with van der Waals surface area (Å²) in [5.41, 5.74) is 5.00. The first-order chi connectivity index (χ1) is 19.1. The van der Waals surface area contributed by atoms with Gasteiger partial charge in [-0.25, -0.2) is 13.2 Å². The molecule has 0 unspecified atom stereocenters. The number of nitrogens with one attached hydrogen (secondary N) is 1. The van der Waals surface area contributed by atoms with Crippen LogP contribution in [0.3, 0.4) is 0 Å². The lowest BCUT2D eigenvalue weighted by molar-refractivity contribution is -0.145. The molecule has 3 aromatic carbocycles. The van der Waals surface area contributed by atoms with Crippen molar-refractivity contribution in [3.05, 3.63) is 89.0 Å². The van der Waals surface area contributed by atoms with E-state index in [-0.39, 0.29) is 22.2 Å². The van der Waals surface area contributed by atoms with Gasteiger partial charge in [-0.1, -0.05) is 70.2 Å². The molecular weight excluding hydrogens is 528 g/mol. The SMILES string of the molecule is CCN(CC)S(=O)(=O)c1cccc(C(=O)N[C@H](C(=O)OCC(=O)c2ccc3c(c2)-c2ccccc2C3)C(C)C)c1. The lowest BCUT2D eigenvalue weighted by atomic mass is 10.0. The third kappa shape index (κ3) is 6.00. The molecule has 0 bridgehead atoms. The molecule has 4 rings (SSSR count). The van der Waals surface area contributed by atoms with E-state index in [1.54, 1.807) is 33.8 Å². The maximum Gasteiger partial charge on any atom is 0.329 e. The van der Waals surface area contributed by atoms with Crippen LogP contribution >= 0.6 is 0 Å². The summed E-state index contributed by atoms with van der Waals surface area (Å²) in [6.07, 6.45) is 0.815. The maximum atomic E-state index is 13.0. The normalized spacial score (nSPS) is 13.1. The van der Waals surface area contributed by atoms with Crippen LogP contribution in [0, 0.1) is 5.92 Å². The Bertz CT molecular complexity index is 1540. The molecule has 1 aliphatic carbocycles. The van der Waals surface area contributed by atoms with Crippen LogP contribution in [0.4, 0.5) is 0 Å². The molecule has 1 N–H and O–H groups in total. The fraction of sp³-hybridized carbons (Fsp3) is 0.323. The first-order valence-electron chi connectivity index (χ1n) is 13.4. The van der Waals surface area contributed by atoms with Crippen molar-refractivity contribution < 1.29 is 27.5 Å². The molecule has 210 valence electrons. The summed E-state index contributed by atoms with van der Waals surface area (Å²) in [7, 11) is -3.76. The largest absolute Gasteiger partial charge is 0.456 e. The summed E-state index contributed by atoms with van der Waals surface area (Å²) >= 11 is 0. The molecule has 40 heavy (non-hydrogen) atoms. The van der Waals surface area contributed by atoms with E-state index in [1.807, 2.05) is 30.3 Å². The molecule has 0 heterocycles. The topological polar surface area (TPSA) is 110 Å². The minimum Gasteiger partial charge on any atom is -0.456 e. The Morgan fingerprint density at radius 2 is 1.57 bits per heavy atom. The van der Waals surface area contributed by atoms with Gasteiger partial charge in [-0.15, -0.1) is 0 Å². The molecule has 1 atom stereocenters. The van der Waals surface area contributed by atoms with Gasteiger partial charge in [0.25, 0.3) is 5.91 Å². The van der Waals surface area contributed by atoms with Gasteiger partial charge in [0.2, 0.25) is 10.0 Å². The number of benzene rings is 3. The molecule has 1 amide bonds. The van der Waals surface area contributed by atoms with Gasteiger partial charge in [-0.2, -0.15) is 4.31 Å². The molecule has 0 fully saturated rings. The van der Waals surface area contributed by atoms with Crippen LogP contribution in [0.25, 0.3) is 11.1 Å². The number of rotatable bonds is 11. The quantitative estimate of drug-likeness (QED) is 0.213. The first-order valence-corrected chi connectivity index (χ1v) is 14.8. The lowest BCUT2D eigenvalue weighted by Gasteiger charge is -2.21. The Hall–Kier alpha value is -3.82. The van der Waals surface area contributed by atoms with Crippen molar-refractivity contribution in [3.8, 4) is 11.1 Å². The predicted molar refractivity (Wildman–Crippen MR) is 153 cm³/mol. The van der Waals surface area contributed by atoms with E-state index in [0.29, 0.717) is 18.7 Å². The van der Waals surface area contributed by atoms with Crippen LogP contribution in [-0.2, 0) is 26.0 Å². The van der Waals surface area contributed by atoms with E-state index >= 15 is 0 Å². The monoisotopic (exact) mass is 562 g/mol. The zero-order valence-electron chi connectivity index (χ0n) is 23.1. The molecule has 9 heteroatoms. The highest BCUT2D eigenvalue weighted by atomic mass is 32.2. The van der Waals surface area contributed by atoms with Crippen molar-refractivity contribution in [1.29, 1.82) is 0 Å². The minimum absolute atomic E-state index is 0.00455. The molecule has 0 aromatic heterocycles. The Balaban J connectivity index is 1.43. The van der Waals surface area contributed by atoms with Gasteiger partial charge in [-0.05, 0) is 58.9 Å². The van der Waals surface area contributed by atoms with E-state index in [0.717, 1.165) is 23.1 Å². The molecule has 0 aliphatic heterocycles. The molecule has 1 aliphatic rings. The average molecular weight is 563 g/mol. The predicted octanol–water partition coefficient (Wildman–Crippen LogP) is 4.47. The number of esters is 1. The number of ether oxygens (including phenoxy) is 1. The standard InChI is InChI=1S/C31H34N2O6S/c1-5-33(6-2)40(37,38)25-12-9-11-24(17-25)30(35)32-29(20(3)4)31(36)39-19-28(34)23-15-14-22-16-21-10-7-8-13-26(21)27(22)18-23/h7-15,17-18,20,29H,5-6,16,19H2,1-4H3,(H,32,35)/t29-/m0/s1. The number of ketones is 1. The highest BCUT2D eigenvalue weighted by molar-refractivity contribution is 7.89. The van der Waals surface area contributed by atoms with E-state index in [2.05, 4.69) is 11.4 Å². The van der Waals surface area contributed by atoms with E-state index in [4.69, 9.17) is 4.74 Å². The fourth-order valence-corrected chi connectivity index (χ4v) is 6.34. The van der Waals surface area contributed by atoms with E-state index < -0.39 is 34.5 Å². The van der Waals surface area contributed by atoms with Crippen molar-refractivity contribution in [3.63, 3.8) is 0 Å².